The summed E-state index contributed by atoms with van der Waals surface area (Å²) in [7, 11) is 0. The lowest BCUT2D eigenvalue weighted by molar-refractivity contribution is 0.249. The van der Waals surface area contributed by atoms with Crippen LogP contribution in [0.4, 0.5) is 4.79 Å². The summed E-state index contributed by atoms with van der Waals surface area (Å²) < 4.78 is 0. The summed E-state index contributed by atoms with van der Waals surface area (Å²) in [6.45, 7) is 6.39. The number of primary amides is 1. The van der Waals surface area contributed by atoms with Crippen LogP contribution < -0.4 is 27.9 Å². The molecule has 0 saturated carbocycles. The van der Waals surface area contributed by atoms with Crippen molar-refractivity contribution in [3.8, 4) is 0 Å². The number of nitrogens with two attached hydrogens (primary N) is 3. The van der Waals surface area contributed by atoms with Crippen LogP contribution in [0.25, 0.3) is 0 Å². The summed E-state index contributed by atoms with van der Waals surface area (Å²) in [5.41, 5.74) is 16.0. The molecule has 8 N–H and O–H groups in total. The van der Waals surface area contributed by atoms with E-state index >= 15 is 0 Å². The third-order valence-electron chi connectivity index (χ3n) is 0.795. The number of hydrogen-bond acceptors (Lipinski definition) is 3. The third kappa shape index (κ3) is 25.1. The fourth-order valence-electron chi connectivity index (χ4n) is 0.370. The zero-order chi connectivity index (χ0) is 10.7. The molecule has 0 aliphatic carbocycles. The highest BCUT2D eigenvalue weighted by Crippen LogP contribution is 1.53. The van der Waals surface area contributed by atoms with Gasteiger partial charge < -0.3 is 22.5 Å². The van der Waals surface area contributed by atoms with E-state index in [-0.39, 0.29) is 5.96 Å². The van der Waals surface area contributed by atoms with Crippen LogP contribution in [0, 0.1) is 0 Å². The molecule has 7 heteroatoms. The Morgan fingerprint density at radius 1 is 1.23 bits per heavy atom. The molecular weight excluding hydrogens is 172 g/mol. The Morgan fingerprint density at radius 3 is 1.77 bits per heavy atom. The monoisotopic (exact) mass is 190 g/mol. The van der Waals surface area contributed by atoms with Crippen LogP contribution in [0.15, 0.2) is 5.10 Å². The van der Waals surface area contributed by atoms with Crippen molar-refractivity contribution in [2.24, 2.45) is 22.3 Å². The summed E-state index contributed by atoms with van der Waals surface area (Å²) in [5.74, 6) is -0.233. The molecule has 0 heterocycles. The van der Waals surface area contributed by atoms with Gasteiger partial charge in [0.1, 0.15) is 0 Å². The van der Waals surface area contributed by atoms with E-state index in [1.165, 1.54) is 0 Å². The van der Waals surface area contributed by atoms with Crippen molar-refractivity contribution in [3.63, 3.8) is 0 Å². The van der Waals surface area contributed by atoms with Gasteiger partial charge in [-0.2, -0.15) is 0 Å². The number of carbonyl (C=O) groups is 1. The van der Waals surface area contributed by atoms with E-state index in [1.807, 2.05) is 5.43 Å². The normalized spacial score (nSPS) is 7.85. The Labute approximate surface area is 77.7 Å². The largest absolute Gasteiger partial charge is 0.369 e. The van der Waals surface area contributed by atoms with Gasteiger partial charge in [0.25, 0.3) is 0 Å². The van der Waals surface area contributed by atoms with Gasteiger partial charge in [-0.3, -0.25) is 0 Å². The van der Waals surface area contributed by atoms with E-state index in [0.717, 1.165) is 13.1 Å². The van der Waals surface area contributed by atoms with Gasteiger partial charge in [-0.25, -0.2) is 10.2 Å². The van der Waals surface area contributed by atoms with Gasteiger partial charge in [-0.1, -0.05) is 13.8 Å². The first-order valence-electron chi connectivity index (χ1n) is 3.89. The highest BCUT2D eigenvalue weighted by Gasteiger charge is 1.83. The number of nitrogens with one attached hydrogen (secondary N) is 2. The molecule has 0 saturated heterocycles. The average Bonchev–Trinajstić information content (AvgIpc) is 2.03. The van der Waals surface area contributed by atoms with Crippen LogP contribution in [0.5, 0.6) is 0 Å². The summed E-state index contributed by atoms with van der Waals surface area (Å²) >= 11 is 0. The molecule has 0 radical (unpaired) electrons. The van der Waals surface area contributed by atoms with Gasteiger partial charge in [0, 0.05) is 0 Å². The molecule has 0 aliphatic rings. The molecule has 2 amide bonds. The van der Waals surface area contributed by atoms with E-state index in [0.29, 0.717) is 0 Å². The Bertz CT molecular complexity index is 151. The highest BCUT2D eigenvalue weighted by atomic mass is 16.2. The molecule has 0 aromatic rings. The van der Waals surface area contributed by atoms with E-state index in [9.17, 15) is 4.79 Å². The number of hydrogen-bond donors (Lipinski definition) is 5. The molecule has 0 spiro atoms. The van der Waals surface area contributed by atoms with Gasteiger partial charge in [-0.15, -0.1) is 5.10 Å². The smallest absolute Gasteiger partial charge is 0.332 e. The van der Waals surface area contributed by atoms with Crippen molar-refractivity contribution in [2.45, 2.75) is 13.8 Å². The molecule has 0 bridgehead atoms. The van der Waals surface area contributed by atoms with Crippen LogP contribution in [0.2, 0.25) is 0 Å². The lowest BCUT2D eigenvalue weighted by atomic mass is 10.7. The quantitative estimate of drug-likeness (QED) is 0.209. The maximum atomic E-state index is 9.80. The van der Waals surface area contributed by atoms with E-state index in [1.54, 1.807) is 0 Å². The van der Waals surface area contributed by atoms with Crippen molar-refractivity contribution in [3.05, 3.63) is 0 Å². The fourth-order valence-corrected chi connectivity index (χ4v) is 0.370. The Morgan fingerprint density at radius 2 is 1.69 bits per heavy atom. The average molecular weight is 190 g/mol. The minimum atomic E-state index is -0.793. The maximum absolute atomic E-state index is 9.80. The van der Waals surface area contributed by atoms with Crippen LogP contribution >= 0.6 is 0 Å². The number of rotatable bonds is 3. The van der Waals surface area contributed by atoms with Crippen LogP contribution in [0.3, 0.4) is 0 Å². The van der Waals surface area contributed by atoms with Crippen molar-refractivity contribution < 1.29 is 4.79 Å². The van der Waals surface area contributed by atoms with Gasteiger partial charge >= 0.3 is 6.03 Å². The fraction of sp³-hybridized carbons (Fsp3) is 0.667. The van der Waals surface area contributed by atoms with Crippen molar-refractivity contribution >= 4 is 12.0 Å². The number of guanidine groups is 1. The van der Waals surface area contributed by atoms with Gasteiger partial charge in [0.2, 0.25) is 5.96 Å². The number of carbonyl (C=O) groups excluding carboxylic acids is 1. The molecule has 0 aromatic carbocycles. The number of nitrogens with zero attached hydrogens (tertiary/aromatic N) is 1. The van der Waals surface area contributed by atoms with E-state index in [2.05, 4.69) is 30.0 Å². The second-order valence-electron chi connectivity index (χ2n) is 1.97. The van der Waals surface area contributed by atoms with E-state index in [4.69, 9.17) is 11.5 Å². The molecule has 78 valence electrons. The predicted molar refractivity (Wildman–Crippen MR) is 52.7 cm³/mol. The lowest BCUT2D eigenvalue weighted by Crippen LogP contribution is -2.31. The molecule has 0 unspecified atom stereocenters. The molecule has 0 atom stereocenters. The SMILES string of the molecule is CCNCC.NC(=O)NN=C(N)N. The first-order chi connectivity index (χ1) is 6.04. The second-order valence-corrected chi connectivity index (χ2v) is 1.97. The zero-order valence-corrected chi connectivity index (χ0v) is 8.00. The van der Waals surface area contributed by atoms with Crippen molar-refractivity contribution in [2.75, 3.05) is 13.1 Å². The second kappa shape index (κ2) is 10.5. The number of amides is 2. The molecule has 7 nitrogen and oxygen atoms in total. The van der Waals surface area contributed by atoms with E-state index < -0.39 is 6.03 Å². The minimum Gasteiger partial charge on any atom is -0.369 e. The Balaban J connectivity index is 0. The topological polar surface area (TPSA) is 132 Å². The Hall–Kier alpha value is -1.50. The van der Waals surface area contributed by atoms with Gasteiger partial charge in [-0.05, 0) is 13.1 Å². The zero-order valence-electron chi connectivity index (χ0n) is 8.00. The summed E-state index contributed by atoms with van der Waals surface area (Å²) in [6, 6.07) is -0.793. The molecule has 0 aromatic heterocycles. The molecule has 13 heavy (non-hydrogen) atoms. The van der Waals surface area contributed by atoms with Gasteiger partial charge in [0.15, 0.2) is 0 Å². The van der Waals surface area contributed by atoms with Crippen LogP contribution in [-0.4, -0.2) is 25.1 Å². The highest BCUT2D eigenvalue weighted by molar-refractivity contribution is 5.78. The number of hydrazone groups is 1. The lowest BCUT2D eigenvalue weighted by Gasteiger charge is -1.89. The number of urea groups is 1. The molecule has 0 rings (SSSR count). The van der Waals surface area contributed by atoms with Crippen LogP contribution in [0.1, 0.15) is 13.8 Å². The van der Waals surface area contributed by atoms with Crippen LogP contribution in [-0.2, 0) is 0 Å². The minimum absolute atomic E-state index is 0.233. The van der Waals surface area contributed by atoms with Crippen molar-refractivity contribution in [1.29, 1.82) is 0 Å². The Kier molecular flexibility index (Phi) is 11.3. The van der Waals surface area contributed by atoms with Crippen molar-refractivity contribution in [1.82, 2.24) is 10.7 Å². The summed E-state index contributed by atoms with van der Waals surface area (Å²) in [5, 5.41) is 6.18. The maximum Gasteiger partial charge on any atom is 0.332 e. The summed E-state index contributed by atoms with van der Waals surface area (Å²) in [6.07, 6.45) is 0. The standard InChI is InChI=1S/C4H11N.C2H7N5O/c1-3-5-4-2;3-1(4)6-7-2(5)8/h5H,3-4H2,1-2H3;(H4,3,4,6)(H3,5,7,8). The first-order valence-corrected chi connectivity index (χ1v) is 3.89. The molecular formula is C6H18N6O. The van der Waals surface area contributed by atoms with Gasteiger partial charge in [0.05, 0.1) is 0 Å². The predicted octanol–water partition coefficient (Wildman–Crippen LogP) is -1.54. The first kappa shape index (κ1) is 14.0. The molecule has 0 aliphatic heterocycles. The third-order valence-corrected chi connectivity index (χ3v) is 0.795. The molecule has 0 fully saturated rings. The summed E-state index contributed by atoms with van der Waals surface area (Å²) in [4.78, 5) is 9.80.